The van der Waals surface area contributed by atoms with Crippen LogP contribution in [-0.2, 0) is 39.1 Å². The van der Waals surface area contributed by atoms with Gasteiger partial charge < -0.3 is 9.84 Å². The predicted octanol–water partition coefficient (Wildman–Crippen LogP) is 25.6. The van der Waals surface area contributed by atoms with E-state index in [0.29, 0.717) is 0 Å². The quantitative estimate of drug-likeness (QED) is 0.178. The largest absolute Gasteiger partial charge is 0.495 e. The Bertz CT molecular complexity index is 3790. The fourth-order valence-corrected chi connectivity index (χ4v) is 10.6. The van der Waals surface area contributed by atoms with Crippen molar-refractivity contribution in [1.29, 1.82) is 0 Å². The zero-order chi connectivity index (χ0) is 76.2. The summed E-state index contributed by atoms with van der Waals surface area (Å²) in [5.74, 6) is 0.809. The van der Waals surface area contributed by atoms with Crippen LogP contribution in [0.15, 0.2) is 195 Å². The standard InChI is InChI=1S/2C14H17NO.2C13H15N.2C12H14N2.6C2H6/c1-14(2,3)12-6-5-7-13-11(12)8-10(16-4)9-15-13;1-14(2,3)12-5-4-6-13-11(12)7-10(9-16)8-15-13;1-13(2,3)11-7-4-8-12-10(11)6-5-9-14-12;1-13(2,3)12-6-4-5-10-9-14-8-7-11(10)12;1-12(2,3)10-5-4-6-11-9(10)7-13-8-14-11;1-12(2,3)9-5-4-6-10-11(9)14-8-7-13-10;6*1-2/h5-9H,1-4H3;4-8,16H,9H2,1-3H3;2*4-9H,1-3H3;2*4-8H,1-3H3;6*1-2H3. The monoisotopic (exact) mass is 1350 g/mol. The molecule has 1 N–H and O–H groups in total. The van der Waals surface area contributed by atoms with Crippen molar-refractivity contribution in [3.63, 3.8) is 0 Å². The summed E-state index contributed by atoms with van der Waals surface area (Å²) in [6, 6.07) is 47.8. The summed E-state index contributed by atoms with van der Waals surface area (Å²) in [5, 5.41) is 16.4. The van der Waals surface area contributed by atoms with Crippen LogP contribution < -0.4 is 4.74 Å². The molecule has 10 heteroatoms. The summed E-state index contributed by atoms with van der Waals surface area (Å²) < 4.78 is 5.23. The summed E-state index contributed by atoms with van der Waals surface area (Å²) in [6.45, 7) is 63.8. The van der Waals surface area contributed by atoms with Crippen LogP contribution in [-0.4, -0.2) is 52.1 Å². The normalized spacial score (nSPS) is 10.8. The number of hydrogen-bond acceptors (Lipinski definition) is 10. The SMILES string of the molecule is CC.CC.CC.CC.CC.CC.CC(C)(C)c1cccc2cnccc12.CC(C)(C)c1cccc2ncc(CO)cc12.CC(C)(C)c1cccc2ncccc12.CC(C)(C)c1cccc2nccnc12.CC(C)(C)c1cccc2ncncc12.COc1cnc2cccc(C(C)(C)C)c2c1. The van der Waals surface area contributed by atoms with Crippen LogP contribution in [0.5, 0.6) is 5.75 Å². The molecule has 0 bridgehead atoms. The second-order valence-electron chi connectivity index (χ2n) is 28.4. The molecule has 0 spiro atoms. The van der Waals surface area contributed by atoms with Crippen LogP contribution in [0.25, 0.3) is 65.4 Å². The number of fused-ring (bicyclic) bond motifs is 6. The third-order valence-electron chi connectivity index (χ3n) is 15.1. The van der Waals surface area contributed by atoms with Crippen molar-refractivity contribution in [2.45, 2.75) is 247 Å². The van der Waals surface area contributed by atoms with E-state index in [1.165, 1.54) is 54.9 Å². The number of para-hydroxylation sites is 1. The number of nitrogens with zero attached hydrogens (tertiary/aromatic N) is 8. The van der Waals surface area contributed by atoms with Crippen molar-refractivity contribution in [1.82, 2.24) is 39.9 Å². The minimum absolute atomic E-state index is 0.0431. The molecule has 6 aromatic heterocycles. The topological polar surface area (TPSA) is 133 Å². The van der Waals surface area contributed by atoms with Gasteiger partial charge in [0, 0.05) is 70.3 Å². The molecule has 6 heterocycles. The lowest BCUT2D eigenvalue weighted by atomic mass is 9.84. The van der Waals surface area contributed by atoms with Gasteiger partial charge in [-0.1, -0.05) is 293 Å². The molecule has 0 aliphatic carbocycles. The molecule has 540 valence electrons. The van der Waals surface area contributed by atoms with E-state index in [-0.39, 0.29) is 39.1 Å². The van der Waals surface area contributed by atoms with Crippen LogP contribution in [0.4, 0.5) is 0 Å². The second-order valence-corrected chi connectivity index (χ2v) is 28.4. The first-order valence-corrected chi connectivity index (χ1v) is 36.4. The first-order chi connectivity index (χ1) is 47.4. The number of aromatic nitrogens is 8. The van der Waals surface area contributed by atoms with Gasteiger partial charge in [-0.05, 0) is 131 Å². The molecular weight excluding hydrogens is 1230 g/mol. The molecule has 10 nitrogen and oxygen atoms in total. The van der Waals surface area contributed by atoms with E-state index in [1.54, 1.807) is 38.2 Å². The number of ether oxygens (including phenoxy) is 1. The molecule has 0 aliphatic rings. The summed E-state index contributed by atoms with van der Waals surface area (Å²) in [4.78, 5) is 34.3. The molecule has 0 unspecified atom stereocenters. The van der Waals surface area contributed by atoms with Gasteiger partial charge in [0.15, 0.2) is 0 Å². The van der Waals surface area contributed by atoms with Crippen molar-refractivity contribution >= 4 is 65.4 Å². The fourth-order valence-electron chi connectivity index (χ4n) is 10.6. The molecular formula is C90H128N8O2. The molecule has 0 radical (unpaired) electrons. The maximum atomic E-state index is 9.15. The minimum atomic E-state index is 0.0431. The van der Waals surface area contributed by atoms with E-state index >= 15 is 0 Å². The molecule has 0 aliphatic heterocycles. The highest BCUT2D eigenvalue weighted by Crippen LogP contribution is 2.35. The molecule has 0 saturated heterocycles. The number of hydrogen-bond donors (Lipinski definition) is 1. The molecule has 0 fully saturated rings. The van der Waals surface area contributed by atoms with Crippen molar-refractivity contribution in [2.24, 2.45) is 0 Å². The predicted molar refractivity (Wildman–Crippen MR) is 439 cm³/mol. The van der Waals surface area contributed by atoms with Crippen LogP contribution in [0.2, 0.25) is 0 Å². The van der Waals surface area contributed by atoms with Crippen molar-refractivity contribution in [3.8, 4) is 5.75 Å². The third-order valence-corrected chi connectivity index (χ3v) is 15.1. The number of rotatable bonds is 2. The average Bonchev–Trinajstić information content (AvgIpc) is 0.469. The first-order valence-electron chi connectivity index (χ1n) is 36.4. The molecule has 6 aromatic carbocycles. The fraction of sp³-hybridized carbons (Fsp3) is 0.422. The van der Waals surface area contributed by atoms with E-state index in [4.69, 9.17) is 9.84 Å². The lowest BCUT2D eigenvalue weighted by Crippen LogP contribution is -2.12. The lowest BCUT2D eigenvalue weighted by Gasteiger charge is -2.21. The van der Waals surface area contributed by atoms with Crippen molar-refractivity contribution < 1.29 is 9.84 Å². The first kappa shape index (κ1) is 89.4. The Hall–Kier alpha value is -8.60. The Balaban J connectivity index is 0.000000582. The number of aliphatic hydroxyl groups is 1. The van der Waals surface area contributed by atoms with Crippen LogP contribution >= 0.6 is 0 Å². The van der Waals surface area contributed by atoms with Gasteiger partial charge in [0.25, 0.3) is 0 Å². The Labute approximate surface area is 605 Å². The summed E-state index contributed by atoms with van der Waals surface area (Å²) >= 11 is 0. The summed E-state index contributed by atoms with van der Waals surface area (Å²) in [5.41, 5.74) is 15.7. The van der Waals surface area contributed by atoms with Gasteiger partial charge in [0.05, 0.1) is 53.0 Å². The van der Waals surface area contributed by atoms with Crippen LogP contribution in [0.1, 0.15) is 247 Å². The van der Waals surface area contributed by atoms with E-state index in [1.807, 2.05) is 156 Å². The van der Waals surface area contributed by atoms with Gasteiger partial charge in [-0.15, -0.1) is 0 Å². The van der Waals surface area contributed by atoms with Gasteiger partial charge in [0.2, 0.25) is 0 Å². The molecule has 100 heavy (non-hydrogen) atoms. The molecule has 0 atom stereocenters. The second kappa shape index (κ2) is 43.1. The molecule has 12 aromatic rings. The summed E-state index contributed by atoms with van der Waals surface area (Å²) in [7, 11) is 1.67. The van der Waals surface area contributed by atoms with Crippen LogP contribution in [0.3, 0.4) is 0 Å². The van der Waals surface area contributed by atoms with E-state index in [2.05, 4.69) is 255 Å². The zero-order valence-corrected chi connectivity index (χ0v) is 67.6. The van der Waals surface area contributed by atoms with Gasteiger partial charge >= 0.3 is 0 Å². The smallest absolute Gasteiger partial charge is 0.137 e. The molecule has 0 saturated carbocycles. The van der Waals surface area contributed by atoms with Gasteiger partial charge in [-0.2, -0.15) is 0 Å². The Morgan fingerprint density at radius 3 is 1.15 bits per heavy atom. The average molecular weight is 1350 g/mol. The van der Waals surface area contributed by atoms with E-state index in [9.17, 15) is 0 Å². The molecule has 0 amide bonds. The van der Waals surface area contributed by atoms with E-state index in [0.717, 1.165) is 55.2 Å². The molecule has 12 rings (SSSR count). The Morgan fingerprint density at radius 2 is 0.680 bits per heavy atom. The summed E-state index contributed by atoms with van der Waals surface area (Å²) in [6.07, 6.45) is 16.1. The maximum absolute atomic E-state index is 9.15. The highest BCUT2D eigenvalue weighted by atomic mass is 16.5. The third kappa shape index (κ3) is 26.8. The highest BCUT2D eigenvalue weighted by Gasteiger charge is 2.22. The van der Waals surface area contributed by atoms with Gasteiger partial charge in [-0.25, -0.2) is 9.97 Å². The number of pyridine rings is 4. The van der Waals surface area contributed by atoms with E-state index < -0.39 is 0 Å². The Kier molecular flexibility index (Phi) is 38.6. The highest BCUT2D eigenvalue weighted by molar-refractivity contribution is 5.87. The van der Waals surface area contributed by atoms with Gasteiger partial charge in [-0.3, -0.25) is 29.9 Å². The number of aliphatic hydroxyl groups excluding tert-OH is 1. The van der Waals surface area contributed by atoms with Gasteiger partial charge in [0.1, 0.15) is 12.1 Å². The van der Waals surface area contributed by atoms with Crippen molar-refractivity contribution in [3.05, 3.63) is 234 Å². The van der Waals surface area contributed by atoms with Crippen LogP contribution in [0, 0.1) is 0 Å². The number of methoxy groups -OCH3 is 1. The maximum Gasteiger partial charge on any atom is 0.137 e. The zero-order valence-electron chi connectivity index (χ0n) is 67.6. The minimum Gasteiger partial charge on any atom is -0.495 e. The number of benzene rings is 6. The Morgan fingerprint density at radius 1 is 0.300 bits per heavy atom. The lowest BCUT2D eigenvalue weighted by molar-refractivity contribution is 0.281. The van der Waals surface area contributed by atoms with Crippen molar-refractivity contribution in [2.75, 3.05) is 7.11 Å².